The third kappa shape index (κ3) is 4.01. The Morgan fingerprint density at radius 1 is 1.48 bits per heavy atom. The van der Waals surface area contributed by atoms with Gasteiger partial charge in [-0.3, -0.25) is 4.79 Å². The van der Waals surface area contributed by atoms with E-state index in [1.807, 2.05) is 0 Å². The second kappa shape index (κ2) is 7.84. The highest BCUT2D eigenvalue weighted by Crippen LogP contribution is 2.32. The van der Waals surface area contributed by atoms with Crippen LogP contribution in [0.25, 0.3) is 0 Å². The minimum absolute atomic E-state index is 0. The van der Waals surface area contributed by atoms with Crippen molar-refractivity contribution < 1.29 is 14.3 Å². The molecule has 1 fully saturated rings. The average molecular weight is 335 g/mol. The molecule has 3 N–H and O–H groups in total. The van der Waals surface area contributed by atoms with Gasteiger partial charge in [0, 0.05) is 31.5 Å². The zero-order valence-electron chi connectivity index (χ0n) is 11.9. The van der Waals surface area contributed by atoms with Crippen LogP contribution in [0.1, 0.15) is 12.8 Å². The molecular weight excluding hydrogens is 315 g/mol. The quantitative estimate of drug-likeness (QED) is 0.886. The normalized spacial score (nSPS) is 16.7. The molecule has 0 atom stereocenters. The molecule has 0 unspecified atom stereocenters. The highest BCUT2D eigenvalue weighted by Gasteiger charge is 2.38. The van der Waals surface area contributed by atoms with Crippen molar-refractivity contribution in [3.63, 3.8) is 0 Å². The van der Waals surface area contributed by atoms with Gasteiger partial charge in [-0.1, -0.05) is 11.6 Å². The van der Waals surface area contributed by atoms with Crippen molar-refractivity contribution in [2.45, 2.75) is 12.8 Å². The summed E-state index contributed by atoms with van der Waals surface area (Å²) in [7, 11) is 1.53. The van der Waals surface area contributed by atoms with Gasteiger partial charge in [0.2, 0.25) is 5.91 Å². The Kier molecular flexibility index (Phi) is 6.74. The third-order valence-electron chi connectivity index (χ3n) is 3.73. The van der Waals surface area contributed by atoms with Crippen LogP contribution >= 0.6 is 24.0 Å². The van der Waals surface area contributed by atoms with E-state index in [0.29, 0.717) is 49.1 Å². The highest BCUT2D eigenvalue weighted by atomic mass is 35.5. The summed E-state index contributed by atoms with van der Waals surface area (Å²) in [5.41, 5.74) is 5.91. The minimum Gasteiger partial charge on any atom is -0.495 e. The number of nitrogens with two attached hydrogens (primary N) is 1. The Morgan fingerprint density at radius 2 is 2.14 bits per heavy atom. The van der Waals surface area contributed by atoms with E-state index in [-0.39, 0.29) is 18.3 Å². The second-order valence-corrected chi connectivity index (χ2v) is 5.31. The molecule has 0 bridgehead atoms. The predicted octanol–water partition coefficient (Wildman–Crippen LogP) is 2.46. The van der Waals surface area contributed by atoms with Gasteiger partial charge in [0.1, 0.15) is 5.75 Å². The summed E-state index contributed by atoms with van der Waals surface area (Å²) >= 11 is 5.96. The van der Waals surface area contributed by atoms with E-state index in [9.17, 15) is 4.79 Å². The smallest absolute Gasteiger partial charge is 0.232 e. The molecule has 0 aliphatic carbocycles. The van der Waals surface area contributed by atoms with Gasteiger partial charge in [-0.25, -0.2) is 0 Å². The van der Waals surface area contributed by atoms with Gasteiger partial charge in [0.15, 0.2) is 0 Å². The fourth-order valence-electron chi connectivity index (χ4n) is 2.29. The topological polar surface area (TPSA) is 73.6 Å². The Morgan fingerprint density at radius 3 is 2.71 bits per heavy atom. The molecule has 0 aromatic heterocycles. The lowest BCUT2D eigenvalue weighted by molar-refractivity contribution is -0.130. The highest BCUT2D eigenvalue weighted by molar-refractivity contribution is 6.32. The molecule has 1 saturated heterocycles. The first-order valence-corrected chi connectivity index (χ1v) is 6.92. The Hall–Kier alpha value is -1.01. The van der Waals surface area contributed by atoms with E-state index in [0.717, 1.165) is 0 Å². The van der Waals surface area contributed by atoms with Crippen molar-refractivity contribution in [2.24, 2.45) is 11.1 Å². The monoisotopic (exact) mass is 334 g/mol. The lowest BCUT2D eigenvalue weighted by Gasteiger charge is -2.34. The Balaban J connectivity index is 0.00000220. The maximum atomic E-state index is 12.5. The molecule has 1 aliphatic heterocycles. The fraction of sp³-hybridized carbons (Fsp3) is 0.500. The average Bonchev–Trinajstić information content (AvgIpc) is 2.49. The summed E-state index contributed by atoms with van der Waals surface area (Å²) in [6.07, 6.45) is 1.28. The van der Waals surface area contributed by atoms with Crippen molar-refractivity contribution in [2.75, 3.05) is 32.2 Å². The molecule has 1 aliphatic rings. The van der Waals surface area contributed by atoms with E-state index < -0.39 is 5.41 Å². The summed E-state index contributed by atoms with van der Waals surface area (Å²) in [6.45, 7) is 1.44. The van der Waals surface area contributed by atoms with Crippen LogP contribution in [0.2, 0.25) is 5.02 Å². The second-order valence-electron chi connectivity index (χ2n) is 4.90. The fourth-order valence-corrected chi connectivity index (χ4v) is 2.48. The van der Waals surface area contributed by atoms with Crippen LogP contribution < -0.4 is 15.8 Å². The van der Waals surface area contributed by atoms with Gasteiger partial charge >= 0.3 is 0 Å². The zero-order chi connectivity index (χ0) is 14.6. The Labute approximate surface area is 135 Å². The van der Waals surface area contributed by atoms with Crippen LogP contribution in [0.4, 0.5) is 5.69 Å². The molecule has 0 saturated carbocycles. The lowest BCUT2D eigenvalue weighted by Crippen LogP contribution is -2.46. The van der Waals surface area contributed by atoms with Crippen molar-refractivity contribution in [3.8, 4) is 5.75 Å². The van der Waals surface area contributed by atoms with Gasteiger partial charge in [-0.15, -0.1) is 12.4 Å². The number of halogens is 2. The first kappa shape index (κ1) is 18.0. The molecule has 5 nitrogen and oxygen atoms in total. The number of benzene rings is 1. The van der Waals surface area contributed by atoms with Gasteiger partial charge < -0.3 is 20.5 Å². The summed E-state index contributed by atoms with van der Waals surface area (Å²) in [5, 5.41) is 3.40. The van der Waals surface area contributed by atoms with E-state index in [2.05, 4.69) is 5.32 Å². The number of rotatable bonds is 4. The number of amides is 1. The molecule has 118 valence electrons. The van der Waals surface area contributed by atoms with Crippen LogP contribution in [0.5, 0.6) is 5.75 Å². The van der Waals surface area contributed by atoms with Gasteiger partial charge in [0.05, 0.1) is 17.5 Å². The van der Waals surface area contributed by atoms with Crippen molar-refractivity contribution in [3.05, 3.63) is 23.2 Å². The molecule has 0 radical (unpaired) electrons. The number of hydrogen-bond acceptors (Lipinski definition) is 4. The molecule has 21 heavy (non-hydrogen) atoms. The van der Waals surface area contributed by atoms with Crippen LogP contribution in [-0.2, 0) is 9.53 Å². The van der Waals surface area contributed by atoms with E-state index in [4.69, 9.17) is 26.8 Å². The molecule has 0 spiro atoms. The number of ether oxygens (including phenoxy) is 2. The van der Waals surface area contributed by atoms with E-state index in [1.165, 1.54) is 7.11 Å². The van der Waals surface area contributed by atoms with Crippen molar-refractivity contribution >= 4 is 35.6 Å². The first-order valence-electron chi connectivity index (χ1n) is 6.54. The van der Waals surface area contributed by atoms with Crippen LogP contribution in [0.15, 0.2) is 18.2 Å². The zero-order valence-corrected chi connectivity index (χ0v) is 13.4. The van der Waals surface area contributed by atoms with Crippen molar-refractivity contribution in [1.29, 1.82) is 0 Å². The molecule has 1 aromatic carbocycles. The van der Waals surface area contributed by atoms with Crippen LogP contribution in [0.3, 0.4) is 0 Å². The number of carbonyl (C=O) groups is 1. The SMILES string of the molecule is COc1cc(NC(=O)C2(CN)CCOCC2)ccc1Cl.Cl. The largest absolute Gasteiger partial charge is 0.495 e. The Bertz CT molecular complexity index is 491. The number of anilines is 1. The summed E-state index contributed by atoms with van der Waals surface area (Å²) < 4.78 is 10.4. The third-order valence-corrected chi connectivity index (χ3v) is 4.04. The van der Waals surface area contributed by atoms with Gasteiger partial charge in [-0.2, -0.15) is 0 Å². The van der Waals surface area contributed by atoms with E-state index >= 15 is 0 Å². The molecular formula is C14H20Cl2N2O3. The van der Waals surface area contributed by atoms with E-state index in [1.54, 1.807) is 18.2 Å². The predicted molar refractivity (Wildman–Crippen MR) is 85.4 cm³/mol. The van der Waals surface area contributed by atoms with Gasteiger partial charge in [-0.05, 0) is 25.0 Å². The molecule has 1 amide bonds. The summed E-state index contributed by atoms with van der Waals surface area (Å²) in [5.74, 6) is 0.450. The maximum Gasteiger partial charge on any atom is 0.232 e. The standard InChI is InChI=1S/C14H19ClN2O3.ClH/c1-19-12-8-10(2-3-11(12)15)17-13(18)14(9-16)4-6-20-7-5-14;/h2-3,8H,4-7,9,16H2,1H3,(H,17,18);1H. The van der Waals surface area contributed by atoms with Gasteiger partial charge in [0.25, 0.3) is 0 Å². The number of nitrogens with one attached hydrogen (secondary N) is 1. The molecule has 7 heteroatoms. The maximum absolute atomic E-state index is 12.5. The summed E-state index contributed by atoms with van der Waals surface area (Å²) in [4.78, 5) is 12.5. The molecule has 1 aromatic rings. The molecule has 1 heterocycles. The van der Waals surface area contributed by atoms with Crippen LogP contribution in [0, 0.1) is 5.41 Å². The molecule has 2 rings (SSSR count). The minimum atomic E-state index is -0.550. The first-order chi connectivity index (χ1) is 9.61. The lowest BCUT2D eigenvalue weighted by atomic mass is 9.79. The number of hydrogen-bond donors (Lipinski definition) is 2. The summed E-state index contributed by atoms with van der Waals surface area (Å²) in [6, 6.07) is 5.13. The van der Waals surface area contributed by atoms with Crippen molar-refractivity contribution in [1.82, 2.24) is 0 Å². The number of methoxy groups -OCH3 is 1. The van der Waals surface area contributed by atoms with Crippen LogP contribution in [-0.4, -0.2) is 32.8 Å². The number of carbonyl (C=O) groups excluding carboxylic acids is 1.